The number of rotatable bonds is 3. The number of piperidine rings is 1. The molecular formula is C13H18FNO2. The Labute approximate surface area is 101 Å². The third kappa shape index (κ3) is 2.52. The minimum atomic E-state index is -0.378. The Hall–Kier alpha value is -1.29. The highest BCUT2D eigenvalue weighted by molar-refractivity contribution is 5.44. The minimum absolute atomic E-state index is 0.284. The first-order chi connectivity index (χ1) is 8.26. The van der Waals surface area contributed by atoms with Crippen molar-refractivity contribution in [2.24, 2.45) is 0 Å². The highest BCUT2D eigenvalue weighted by Crippen LogP contribution is 2.35. The summed E-state index contributed by atoms with van der Waals surface area (Å²) in [4.78, 5) is 0. The minimum Gasteiger partial charge on any atom is -0.496 e. The van der Waals surface area contributed by atoms with Gasteiger partial charge in [-0.15, -0.1) is 0 Å². The lowest BCUT2D eigenvalue weighted by atomic mass is 9.90. The summed E-state index contributed by atoms with van der Waals surface area (Å²) >= 11 is 0. The van der Waals surface area contributed by atoms with Gasteiger partial charge >= 0.3 is 0 Å². The molecule has 0 aliphatic carbocycles. The molecule has 1 aromatic rings. The van der Waals surface area contributed by atoms with Crippen molar-refractivity contribution in [1.82, 2.24) is 5.32 Å². The Kier molecular flexibility index (Phi) is 3.84. The maximum atomic E-state index is 13.6. The van der Waals surface area contributed by atoms with Gasteiger partial charge in [-0.2, -0.15) is 0 Å². The summed E-state index contributed by atoms with van der Waals surface area (Å²) in [5.41, 5.74) is 1.03. The van der Waals surface area contributed by atoms with E-state index in [4.69, 9.17) is 9.47 Å². The van der Waals surface area contributed by atoms with Crippen LogP contribution >= 0.6 is 0 Å². The van der Waals surface area contributed by atoms with Crippen LogP contribution in [0.1, 0.15) is 24.3 Å². The van der Waals surface area contributed by atoms with Crippen LogP contribution in [0.3, 0.4) is 0 Å². The van der Waals surface area contributed by atoms with Gasteiger partial charge in [-0.05, 0) is 25.5 Å². The highest BCUT2D eigenvalue weighted by atomic mass is 19.1. The lowest BCUT2D eigenvalue weighted by Crippen LogP contribution is -2.28. The molecular weight excluding hydrogens is 221 g/mol. The van der Waals surface area contributed by atoms with Crippen LogP contribution in [-0.2, 0) is 0 Å². The van der Waals surface area contributed by atoms with Gasteiger partial charge in [-0.25, -0.2) is 4.39 Å². The molecule has 0 amide bonds. The van der Waals surface area contributed by atoms with Crippen molar-refractivity contribution in [2.75, 3.05) is 27.3 Å². The molecule has 4 heteroatoms. The lowest BCUT2D eigenvalue weighted by Gasteiger charge is -2.25. The van der Waals surface area contributed by atoms with E-state index >= 15 is 0 Å². The fourth-order valence-electron chi connectivity index (χ4n) is 2.32. The van der Waals surface area contributed by atoms with Gasteiger partial charge in [0.2, 0.25) is 0 Å². The van der Waals surface area contributed by atoms with Crippen molar-refractivity contribution in [3.8, 4) is 11.5 Å². The van der Waals surface area contributed by atoms with Crippen molar-refractivity contribution < 1.29 is 13.9 Å². The second-order valence-electron chi connectivity index (χ2n) is 4.27. The number of benzene rings is 1. The van der Waals surface area contributed by atoms with Gasteiger partial charge in [0.15, 0.2) is 11.6 Å². The molecule has 2 rings (SSSR count). The van der Waals surface area contributed by atoms with E-state index in [1.165, 1.54) is 13.2 Å². The van der Waals surface area contributed by atoms with Gasteiger partial charge in [0, 0.05) is 24.1 Å². The van der Waals surface area contributed by atoms with Crippen LogP contribution in [0, 0.1) is 5.82 Å². The van der Waals surface area contributed by atoms with E-state index in [-0.39, 0.29) is 11.6 Å². The molecule has 1 atom stereocenters. The lowest BCUT2D eigenvalue weighted by molar-refractivity contribution is 0.366. The van der Waals surface area contributed by atoms with Gasteiger partial charge in [0.1, 0.15) is 5.75 Å². The van der Waals surface area contributed by atoms with E-state index < -0.39 is 0 Å². The molecule has 1 heterocycles. The topological polar surface area (TPSA) is 30.5 Å². The van der Waals surface area contributed by atoms with E-state index in [0.29, 0.717) is 11.7 Å². The molecule has 1 aliphatic heterocycles. The van der Waals surface area contributed by atoms with Crippen molar-refractivity contribution in [2.45, 2.75) is 18.8 Å². The zero-order valence-electron chi connectivity index (χ0n) is 10.3. The summed E-state index contributed by atoms with van der Waals surface area (Å²) in [5.74, 6) is 0.883. The number of hydrogen-bond donors (Lipinski definition) is 1. The fourth-order valence-corrected chi connectivity index (χ4v) is 2.32. The summed E-state index contributed by atoms with van der Waals surface area (Å²) in [5, 5.41) is 3.35. The number of ether oxygens (including phenoxy) is 2. The van der Waals surface area contributed by atoms with Gasteiger partial charge in [0.05, 0.1) is 14.2 Å². The second kappa shape index (κ2) is 5.36. The fraction of sp³-hybridized carbons (Fsp3) is 0.538. The third-order valence-electron chi connectivity index (χ3n) is 3.24. The van der Waals surface area contributed by atoms with E-state index in [0.717, 1.165) is 31.5 Å². The van der Waals surface area contributed by atoms with Crippen LogP contribution in [0.5, 0.6) is 11.5 Å². The Morgan fingerprint density at radius 1 is 1.24 bits per heavy atom. The van der Waals surface area contributed by atoms with Crippen LogP contribution in [0.2, 0.25) is 0 Å². The maximum Gasteiger partial charge on any atom is 0.168 e. The number of halogens is 1. The first kappa shape index (κ1) is 12.2. The third-order valence-corrected chi connectivity index (χ3v) is 3.24. The quantitative estimate of drug-likeness (QED) is 0.878. The van der Waals surface area contributed by atoms with E-state index in [9.17, 15) is 4.39 Å². The molecule has 1 unspecified atom stereocenters. The first-order valence-corrected chi connectivity index (χ1v) is 5.88. The van der Waals surface area contributed by atoms with E-state index in [2.05, 4.69) is 5.32 Å². The molecule has 1 N–H and O–H groups in total. The molecule has 1 aromatic carbocycles. The molecule has 0 spiro atoms. The molecule has 0 aromatic heterocycles. The molecule has 1 fully saturated rings. The van der Waals surface area contributed by atoms with E-state index in [1.54, 1.807) is 13.2 Å². The molecule has 0 saturated carbocycles. The normalized spacial score (nSPS) is 20.1. The van der Waals surface area contributed by atoms with Crippen LogP contribution in [0.25, 0.3) is 0 Å². The van der Waals surface area contributed by atoms with Gasteiger partial charge in [-0.3, -0.25) is 0 Å². The standard InChI is InChI=1S/C13H18FNO2/c1-16-12-7-11(14)13(17-2)6-10(12)9-4-3-5-15-8-9/h6-7,9,15H,3-5,8H2,1-2H3. The van der Waals surface area contributed by atoms with Crippen LogP contribution < -0.4 is 14.8 Å². The van der Waals surface area contributed by atoms with Gasteiger partial charge in [-0.1, -0.05) is 0 Å². The average molecular weight is 239 g/mol. The Balaban J connectivity index is 2.35. The van der Waals surface area contributed by atoms with E-state index in [1.807, 2.05) is 0 Å². The zero-order chi connectivity index (χ0) is 12.3. The largest absolute Gasteiger partial charge is 0.496 e. The number of methoxy groups -OCH3 is 2. The number of nitrogens with one attached hydrogen (secondary N) is 1. The molecule has 1 saturated heterocycles. The van der Waals surface area contributed by atoms with Crippen molar-refractivity contribution in [3.63, 3.8) is 0 Å². The summed E-state index contributed by atoms with van der Waals surface area (Å²) in [6.45, 7) is 1.96. The SMILES string of the molecule is COc1cc(C2CCCNC2)c(OC)cc1F. The Bertz CT molecular complexity index is 389. The zero-order valence-corrected chi connectivity index (χ0v) is 10.3. The van der Waals surface area contributed by atoms with Crippen LogP contribution in [-0.4, -0.2) is 27.3 Å². The van der Waals surface area contributed by atoms with Crippen molar-refractivity contribution in [3.05, 3.63) is 23.5 Å². The van der Waals surface area contributed by atoms with Crippen molar-refractivity contribution in [1.29, 1.82) is 0 Å². The summed E-state index contributed by atoms with van der Waals surface area (Å²) in [6, 6.07) is 3.16. The van der Waals surface area contributed by atoms with Gasteiger partial charge in [0.25, 0.3) is 0 Å². The maximum absolute atomic E-state index is 13.6. The van der Waals surface area contributed by atoms with Crippen molar-refractivity contribution >= 4 is 0 Å². The summed E-state index contributed by atoms with van der Waals surface area (Å²) in [6.07, 6.45) is 2.23. The number of hydrogen-bond acceptors (Lipinski definition) is 3. The summed E-state index contributed by atoms with van der Waals surface area (Å²) < 4.78 is 23.8. The molecule has 0 bridgehead atoms. The average Bonchev–Trinajstić information content (AvgIpc) is 2.39. The summed E-state index contributed by atoms with van der Waals surface area (Å²) in [7, 11) is 3.05. The Morgan fingerprint density at radius 3 is 2.59 bits per heavy atom. The highest BCUT2D eigenvalue weighted by Gasteiger charge is 2.21. The molecule has 17 heavy (non-hydrogen) atoms. The smallest absolute Gasteiger partial charge is 0.168 e. The Morgan fingerprint density at radius 2 is 2.00 bits per heavy atom. The second-order valence-corrected chi connectivity index (χ2v) is 4.27. The monoisotopic (exact) mass is 239 g/mol. The predicted octanol–water partition coefficient (Wildman–Crippen LogP) is 2.31. The predicted molar refractivity (Wildman–Crippen MR) is 64.3 cm³/mol. The molecule has 94 valence electrons. The molecule has 0 radical (unpaired) electrons. The molecule has 1 aliphatic rings. The van der Waals surface area contributed by atoms with Crippen LogP contribution in [0.4, 0.5) is 4.39 Å². The van der Waals surface area contributed by atoms with Gasteiger partial charge < -0.3 is 14.8 Å². The van der Waals surface area contributed by atoms with Crippen LogP contribution in [0.15, 0.2) is 12.1 Å². The molecule has 3 nitrogen and oxygen atoms in total. The first-order valence-electron chi connectivity index (χ1n) is 5.88.